The van der Waals surface area contributed by atoms with Crippen molar-refractivity contribution in [3.63, 3.8) is 0 Å². The van der Waals surface area contributed by atoms with Crippen molar-refractivity contribution in [1.82, 2.24) is 9.97 Å². The first-order valence-electron chi connectivity index (χ1n) is 8.70. The largest absolute Gasteiger partial charge is 0.495 e. The Morgan fingerprint density at radius 1 is 1.17 bits per heavy atom. The number of thioether (sulfide) groups is 1. The van der Waals surface area contributed by atoms with Crippen molar-refractivity contribution in [2.24, 2.45) is 0 Å². The van der Waals surface area contributed by atoms with Crippen LogP contribution < -0.4 is 10.1 Å². The monoisotopic (exact) mass is 441 g/mol. The number of fused-ring (bicyclic) bond motifs is 1. The third kappa shape index (κ3) is 4.37. The van der Waals surface area contributed by atoms with Crippen LogP contribution >= 0.6 is 34.7 Å². The quantitative estimate of drug-likeness (QED) is 0.301. The van der Waals surface area contributed by atoms with Gasteiger partial charge in [0.1, 0.15) is 27.2 Å². The number of aromatic nitrogens is 2. The normalized spacial score (nSPS) is 11.9. The zero-order valence-electron chi connectivity index (χ0n) is 15.3. The molecule has 2 aromatic carbocycles. The van der Waals surface area contributed by atoms with E-state index in [1.807, 2.05) is 41.8 Å². The number of carbonyl (C=O) groups is 1. The first-order valence-corrected chi connectivity index (χ1v) is 10.8. The molecule has 29 heavy (non-hydrogen) atoms. The lowest BCUT2D eigenvalue weighted by molar-refractivity contribution is -0.115. The van der Waals surface area contributed by atoms with E-state index in [0.29, 0.717) is 16.5 Å². The van der Waals surface area contributed by atoms with Crippen molar-refractivity contribution in [1.29, 1.82) is 0 Å². The van der Waals surface area contributed by atoms with Gasteiger partial charge in [-0.1, -0.05) is 53.7 Å². The molecule has 1 N–H and O–H groups in total. The summed E-state index contributed by atoms with van der Waals surface area (Å²) in [5.41, 5.74) is 1.49. The maximum absolute atomic E-state index is 13.2. The second-order valence-electron chi connectivity index (χ2n) is 6.07. The van der Waals surface area contributed by atoms with Crippen LogP contribution in [0.1, 0.15) is 10.8 Å². The number of benzene rings is 2. The minimum Gasteiger partial charge on any atom is -0.495 e. The number of ether oxygens (including phenoxy) is 1. The van der Waals surface area contributed by atoms with Crippen LogP contribution in [0.3, 0.4) is 0 Å². The van der Waals surface area contributed by atoms with Gasteiger partial charge in [-0.25, -0.2) is 9.97 Å². The smallest absolute Gasteiger partial charge is 0.242 e. The van der Waals surface area contributed by atoms with Crippen LogP contribution in [-0.4, -0.2) is 23.0 Å². The highest BCUT2D eigenvalue weighted by atomic mass is 35.5. The van der Waals surface area contributed by atoms with Gasteiger partial charge in [-0.05, 0) is 35.2 Å². The fraction of sp³-hybridized carbons (Fsp3) is 0.0952. The summed E-state index contributed by atoms with van der Waals surface area (Å²) < 4.78 is 5.17. The molecule has 0 fully saturated rings. The van der Waals surface area contributed by atoms with Crippen LogP contribution in [0.25, 0.3) is 10.2 Å². The number of amides is 1. The summed E-state index contributed by atoms with van der Waals surface area (Å²) in [7, 11) is 1.55. The summed E-state index contributed by atoms with van der Waals surface area (Å²) in [5, 5.41) is 6.59. The zero-order chi connectivity index (χ0) is 20.2. The van der Waals surface area contributed by atoms with Crippen molar-refractivity contribution in [3.05, 3.63) is 76.9 Å². The van der Waals surface area contributed by atoms with Gasteiger partial charge in [0.05, 0.1) is 12.1 Å². The topological polar surface area (TPSA) is 64.1 Å². The van der Waals surface area contributed by atoms with E-state index in [1.54, 1.807) is 36.6 Å². The Morgan fingerprint density at radius 2 is 2.00 bits per heavy atom. The highest BCUT2D eigenvalue weighted by Gasteiger charge is 2.24. The summed E-state index contributed by atoms with van der Waals surface area (Å²) in [6.07, 6.45) is 1.53. The molecule has 0 saturated carbocycles. The molecule has 5 nitrogen and oxygen atoms in total. The minimum atomic E-state index is -0.491. The molecule has 4 aromatic rings. The van der Waals surface area contributed by atoms with Crippen LogP contribution in [0, 0.1) is 0 Å². The lowest BCUT2D eigenvalue weighted by Crippen LogP contribution is -2.19. The van der Waals surface area contributed by atoms with Gasteiger partial charge in [-0.2, -0.15) is 0 Å². The molecule has 146 valence electrons. The Hall–Kier alpha value is -2.61. The molecule has 1 amide bonds. The molecule has 0 bridgehead atoms. The first kappa shape index (κ1) is 19.7. The molecule has 0 radical (unpaired) electrons. The number of nitrogens with one attached hydrogen (secondary N) is 1. The molecule has 8 heteroatoms. The average Bonchev–Trinajstić information content (AvgIpc) is 3.22. The summed E-state index contributed by atoms with van der Waals surface area (Å²) in [6.45, 7) is 0. The predicted molar refractivity (Wildman–Crippen MR) is 119 cm³/mol. The van der Waals surface area contributed by atoms with Gasteiger partial charge in [0, 0.05) is 11.1 Å². The number of methoxy groups -OCH3 is 1. The Bertz CT molecular complexity index is 1150. The fourth-order valence-electron chi connectivity index (χ4n) is 2.83. The molecule has 1 atom stereocenters. The van der Waals surface area contributed by atoms with Crippen molar-refractivity contribution >= 4 is 56.5 Å². The molecular formula is C21H16ClN3O2S2. The number of rotatable bonds is 6. The number of nitrogens with zero attached hydrogens (tertiary/aromatic N) is 2. The second-order valence-corrected chi connectivity index (χ2v) is 8.46. The van der Waals surface area contributed by atoms with Crippen LogP contribution in [0.4, 0.5) is 5.69 Å². The van der Waals surface area contributed by atoms with Crippen molar-refractivity contribution in [2.45, 2.75) is 10.3 Å². The number of halogens is 1. The van der Waals surface area contributed by atoms with Gasteiger partial charge < -0.3 is 10.1 Å². The Morgan fingerprint density at radius 3 is 2.76 bits per heavy atom. The Labute approximate surface area is 181 Å². The molecule has 4 rings (SSSR count). The van der Waals surface area contributed by atoms with Crippen LogP contribution in [0.15, 0.2) is 71.3 Å². The van der Waals surface area contributed by atoms with E-state index in [4.69, 9.17) is 16.3 Å². The summed E-state index contributed by atoms with van der Waals surface area (Å²) in [6, 6.07) is 16.8. The van der Waals surface area contributed by atoms with Crippen molar-refractivity contribution in [3.8, 4) is 5.75 Å². The third-order valence-electron chi connectivity index (χ3n) is 4.21. The third-order valence-corrected chi connectivity index (χ3v) is 6.60. The van der Waals surface area contributed by atoms with Crippen LogP contribution in [0.2, 0.25) is 5.02 Å². The molecule has 0 saturated heterocycles. The predicted octanol–water partition coefficient (Wildman–Crippen LogP) is 5.83. The van der Waals surface area contributed by atoms with Crippen LogP contribution in [-0.2, 0) is 4.79 Å². The number of hydrogen-bond donors (Lipinski definition) is 1. The van der Waals surface area contributed by atoms with Gasteiger partial charge in [0.15, 0.2) is 0 Å². The van der Waals surface area contributed by atoms with E-state index in [9.17, 15) is 4.79 Å². The maximum atomic E-state index is 13.2. The van der Waals surface area contributed by atoms with E-state index < -0.39 is 5.25 Å². The van der Waals surface area contributed by atoms with Gasteiger partial charge in [0.2, 0.25) is 5.91 Å². The highest BCUT2D eigenvalue weighted by molar-refractivity contribution is 8.00. The minimum absolute atomic E-state index is 0.163. The maximum Gasteiger partial charge on any atom is 0.242 e. The lowest BCUT2D eigenvalue weighted by Gasteiger charge is -2.17. The fourth-order valence-corrected chi connectivity index (χ4v) is 4.96. The van der Waals surface area contributed by atoms with Crippen LogP contribution in [0.5, 0.6) is 5.75 Å². The molecule has 2 heterocycles. The zero-order valence-corrected chi connectivity index (χ0v) is 17.7. The van der Waals surface area contributed by atoms with E-state index >= 15 is 0 Å². The number of thiophene rings is 1. The second kappa shape index (κ2) is 8.82. The van der Waals surface area contributed by atoms with E-state index in [2.05, 4.69) is 15.3 Å². The van der Waals surface area contributed by atoms with E-state index in [0.717, 1.165) is 20.8 Å². The number of carbonyl (C=O) groups excluding carboxylic acids is 1. The molecule has 0 aliphatic heterocycles. The Kier molecular flexibility index (Phi) is 5.99. The van der Waals surface area contributed by atoms with Gasteiger partial charge >= 0.3 is 0 Å². The van der Waals surface area contributed by atoms with Crippen molar-refractivity contribution in [2.75, 3.05) is 12.4 Å². The average molecular weight is 442 g/mol. The summed E-state index contributed by atoms with van der Waals surface area (Å²) in [4.78, 5) is 22.8. The van der Waals surface area contributed by atoms with Crippen molar-refractivity contribution < 1.29 is 9.53 Å². The molecule has 0 unspecified atom stereocenters. The molecular weight excluding hydrogens is 426 g/mol. The lowest BCUT2D eigenvalue weighted by atomic mass is 10.1. The highest BCUT2D eigenvalue weighted by Crippen LogP contribution is 2.39. The molecule has 0 spiro atoms. The number of hydrogen-bond acceptors (Lipinski definition) is 6. The molecule has 2 aromatic heterocycles. The van der Waals surface area contributed by atoms with Gasteiger partial charge in [0.25, 0.3) is 0 Å². The van der Waals surface area contributed by atoms with Gasteiger partial charge in [-0.15, -0.1) is 11.3 Å². The number of anilines is 1. The Balaban J connectivity index is 1.65. The standard InChI is InChI=1S/C21H16ClN3O2S2/c1-27-17-8-7-14(11-16(17)22)25-19(26)18(13-5-3-2-4-6-13)29-21-15-9-10-28-20(15)23-12-24-21/h2-12,18H,1H3,(H,25,26)/t18-/m0/s1. The summed E-state index contributed by atoms with van der Waals surface area (Å²) in [5.74, 6) is 0.393. The summed E-state index contributed by atoms with van der Waals surface area (Å²) >= 11 is 9.14. The van der Waals surface area contributed by atoms with Gasteiger partial charge in [-0.3, -0.25) is 4.79 Å². The van der Waals surface area contributed by atoms with E-state index in [-0.39, 0.29) is 5.91 Å². The SMILES string of the molecule is COc1ccc(NC(=O)[C@@H](Sc2ncnc3sccc23)c2ccccc2)cc1Cl. The van der Waals surface area contributed by atoms with E-state index in [1.165, 1.54) is 18.1 Å². The first-order chi connectivity index (χ1) is 14.2. The molecule has 0 aliphatic rings. The molecule has 0 aliphatic carbocycles.